The monoisotopic (exact) mass is 432 g/mol. The van der Waals surface area contributed by atoms with Gasteiger partial charge in [-0.1, -0.05) is 12.1 Å². The molecule has 5 rings (SSSR count). The van der Waals surface area contributed by atoms with Crippen LogP contribution in [0.1, 0.15) is 26.5 Å². The van der Waals surface area contributed by atoms with E-state index in [2.05, 4.69) is 46.1 Å². The van der Waals surface area contributed by atoms with Crippen molar-refractivity contribution in [2.24, 2.45) is 0 Å². The Morgan fingerprint density at radius 3 is 2.55 bits per heavy atom. The van der Waals surface area contributed by atoms with Gasteiger partial charge >= 0.3 is 0 Å². The van der Waals surface area contributed by atoms with Crippen LogP contribution in [-0.2, 0) is 0 Å². The van der Waals surface area contributed by atoms with Gasteiger partial charge in [0.25, 0.3) is 5.91 Å². The Kier molecular flexibility index (Phi) is 4.98. The zero-order valence-electron chi connectivity index (χ0n) is 17.9. The van der Waals surface area contributed by atoms with E-state index in [-0.39, 0.29) is 5.91 Å². The number of aromatic nitrogens is 2. The summed E-state index contributed by atoms with van der Waals surface area (Å²) in [5.74, 6) is 1.28. The maximum Gasteiger partial charge on any atom is 0.264 e. The highest BCUT2D eigenvalue weighted by atomic mass is 32.1. The van der Waals surface area contributed by atoms with Crippen molar-refractivity contribution in [1.29, 1.82) is 0 Å². The Bertz CT molecular complexity index is 1250. The number of piperazine rings is 1. The molecule has 3 aromatic heterocycles. The Hall–Kier alpha value is -3.19. The van der Waals surface area contributed by atoms with E-state index in [4.69, 9.17) is 4.42 Å². The number of nitrogens with zero attached hydrogens (tertiary/aromatic N) is 4. The first-order chi connectivity index (χ1) is 15.0. The van der Waals surface area contributed by atoms with Crippen molar-refractivity contribution in [3.63, 3.8) is 0 Å². The molecule has 0 unspecified atom stereocenters. The van der Waals surface area contributed by atoms with Gasteiger partial charge in [0, 0.05) is 37.3 Å². The lowest BCUT2D eigenvalue weighted by atomic mass is 10.1. The van der Waals surface area contributed by atoms with Gasteiger partial charge in [0.1, 0.15) is 4.83 Å². The molecule has 0 spiro atoms. The number of fused-ring (bicyclic) bond motifs is 1. The highest BCUT2D eigenvalue weighted by Crippen LogP contribution is 2.34. The molecule has 0 bridgehead atoms. The van der Waals surface area contributed by atoms with Crippen LogP contribution in [0.2, 0.25) is 0 Å². The molecule has 1 aromatic carbocycles. The Balaban J connectivity index is 1.39. The van der Waals surface area contributed by atoms with Crippen LogP contribution in [0.3, 0.4) is 0 Å². The predicted octanol–water partition coefficient (Wildman–Crippen LogP) is 4.84. The van der Waals surface area contributed by atoms with Crippen molar-refractivity contribution in [1.82, 2.24) is 14.9 Å². The number of anilines is 1. The highest BCUT2D eigenvalue weighted by molar-refractivity contribution is 7.20. The minimum Gasteiger partial charge on any atom is -0.461 e. The van der Waals surface area contributed by atoms with E-state index in [0.29, 0.717) is 24.7 Å². The van der Waals surface area contributed by atoms with Gasteiger partial charge in [0.15, 0.2) is 11.6 Å². The number of thiophene rings is 1. The number of carbonyl (C=O) groups excluding carboxylic acids is 1. The number of rotatable bonds is 3. The largest absolute Gasteiger partial charge is 0.461 e. The van der Waals surface area contributed by atoms with Gasteiger partial charge in [-0.05, 0) is 56.2 Å². The van der Waals surface area contributed by atoms with Crippen LogP contribution < -0.4 is 4.90 Å². The summed E-state index contributed by atoms with van der Waals surface area (Å²) < 4.78 is 5.46. The molecule has 0 N–H and O–H groups in total. The third-order valence-corrected chi connectivity index (χ3v) is 7.01. The summed E-state index contributed by atoms with van der Waals surface area (Å²) in [6.07, 6.45) is 1.61. The molecule has 6 nitrogen and oxygen atoms in total. The molecule has 4 aromatic rings. The van der Waals surface area contributed by atoms with E-state index in [9.17, 15) is 4.79 Å². The molecular weight excluding hydrogens is 408 g/mol. The first-order valence-electron chi connectivity index (χ1n) is 10.4. The number of furan rings is 1. The molecular formula is C24H24N4O2S. The Morgan fingerprint density at radius 2 is 1.84 bits per heavy atom. The number of carbonyl (C=O) groups is 1. The van der Waals surface area contributed by atoms with Crippen molar-refractivity contribution in [3.8, 4) is 11.6 Å². The summed E-state index contributed by atoms with van der Waals surface area (Å²) in [4.78, 5) is 28.6. The first kappa shape index (κ1) is 19.8. The van der Waals surface area contributed by atoms with Crippen LogP contribution in [0, 0.1) is 20.8 Å². The number of hydrogen-bond donors (Lipinski definition) is 0. The third-order valence-electron chi connectivity index (χ3n) is 5.84. The molecule has 1 aliphatic rings. The molecule has 4 heterocycles. The number of amides is 1. The summed E-state index contributed by atoms with van der Waals surface area (Å²) in [7, 11) is 0. The first-order valence-corrected chi connectivity index (χ1v) is 11.3. The lowest BCUT2D eigenvalue weighted by Crippen LogP contribution is -2.48. The smallest absolute Gasteiger partial charge is 0.264 e. The van der Waals surface area contributed by atoms with Crippen LogP contribution >= 0.6 is 11.3 Å². The van der Waals surface area contributed by atoms with Crippen LogP contribution in [0.5, 0.6) is 0 Å². The molecule has 1 aliphatic heterocycles. The topological polar surface area (TPSA) is 62.5 Å². The fourth-order valence-corrected chi connectivity index (χ4v) is 5.39. The van der Waals surface area contributed by atoms with E-state index >= 15 is 0 Å². The lowest BCUT2D eigenvalue weighted by Gasteiger charge is -2.36. The van der Waals surface area contributed by atoms with E-state index in [1.165, 1.54) is 22.6 Å². The molecule has 1 amide bonds. The zero-order chi connectivity index (χ0) is 21.5. The van der Waals surface area contributed by atoms with Crippen molar-refractivity contribution in [3.05, 3.63) is 64.4 Å². The van der Waals surface area contributed by atoms with Gasteiger partial charge in [-0.25, -0.2) is 9.97 Å². The van der Waals surface area contributed by atoms with Crippen molar-refractivity contribution in [2.75, 3.05) is 31.1 Å². The number of aryl methyl sites for hydroxylation is 3. The summed E-state index contributed by atoms with van der Waals surface area (Å²) in [6, 6.07) is 12.2. The van der Waals surface area contributed by atoms with E-state index < -0.39 is 0 Å². The minimum absolute atomic E-state index is 0.0864. The minimum atomic E-state index is 0.0864. The molecule has 7 heteroatoms. The van der Waals surface area contributed by atoms with E-state index in [1.54, 1.807) is 6.26 Å². The lowest BCUT2D eigenvalue weighted by molar-refractivity contribution is 0.0751. The fourth-order valence-electron chi connectivity index (χ4n) is 4.20. The SMILES string of the molecule is Cc1cccc(N2CCN(C(=O)c3sc4nc(-c5ccco5)nc(C)c4c3C)CC2)c1. The average Bonchev–Trinajstić information content (AvgIpc) is 3.42. The third kappa shape index (κ3) is 3.59. The second-order valence-corrected chi connectivity index (χ2v) is 8.96. The predicted molar refractivity (Wildman–Crippen MR) is 124 cm³/mol. The molecule has 158 valence electrons. The summed E-state index contributed by atoms with van der Waals surface area (Å²) in [5.41, 5.74) is 4.31. The van der Waals surface area contributed by atoms with Crippen LogP contribution in [0.4, 0.5) is 5.69 Å². The fraction of sp³-hybridized carbons (Fsp3) is 0.292. The van der Waals surface area contributed by atoms with Gasteiger partial charge in [0.05, 0.1) is 16.8 Å². The highest BCUT2D eigenvalue weighted by Gasteiger charge is 2.27. The quantitative estimate of drug-likeness (QED) is 0.464. The molecule has 0 radical (unpaired) electrons. The zero-order valence-corrected chi connectivity index (χ0v) is 18.7. The van der Waals surface area contributed by atoms with E-state index in [0.717, 1.165) is 39.4 Å². The van der Waals surface area contributed by atoms with Gasteiger partial charge < -0.3 is 14.2 Å². The summed E-state index contributed by atoms with van der Waals surface area (Å²) >= 11 is 1.45. The number of hydrogen-bond acceptors (Lipinski definition) is 6. The van der Waals surface area contributed by atoms with Gasteiger partial charge in [-0.2, -0.15) is 0 Å². The molecule has 0 atom stereocenters. The van der Waals surface area contributed by atoms with Crippen LogP contribution in [0.25, 0.3) is 21.8 Å². The maximum absolute atomic E-state index is 13.4. The summed E-state index contributed by atoms with van der Waals surface area (Å²) in [6.45, 7) is 9.16. The van der Waals surface area contributed by atoms with Crippen molar-refractivity contribution >= 4 is 33.1 Å². The molecule has 1 saturated heterocycles. The Morgan fingerprint density at radius 1 is 1.03 bits per heavy atom. The number of benzene rings is 1. The second kappa shape index (κ2) is 7.81. The van der Waals surface area contributed by atoms with E-state index in [1.807, 2.05) is 30.9 Å². The summed E-state index contributed by atoms with van der Waals surface area (Å²) in [5, 5.41) is 0.974. The molecule has 0 aliphatic carbocycles. The van der Waals surface area contributed by atoms with Crippen LogP contribution in [-0.4, -0.2) is 47.0 Å². The molecule has 1 fully saturated rings. The second-order valence-electron chi connectivity index (χ2n) is 7.96. The maximum atomic E-state index is 13.4. The van der Waals surface area contributed by atoms with Crippen molar-refractivity contribution in [2.45, 2.75) is 20.8 Å². The van der Waals surface area contributed by atoms with Gasteiger partial charge in [-0.3, -0.25) is 4.79 Å². The van der Waals surface area contributed by atoms with Gasteiger partial charge in [-0.15, -0.1) is 11.3 Å². The average molecular weight is 433 g/mol. The standard InChI is InChI=1S/C24H24N4O2S/c1-15-6-4-7-18(14-15)27-9-11-28(12-10-27)24(29)21-16(2)20-17(3)25-22(26-23(20)31-21)19-8-5-13-30-19/h4-8,13-14H,9-12H2,1-3H3. The Labute approximate surface area is 185 Å². The molecule has 31 heavy (non-hydrogen) atoms. The molecule has 0 saturated carbocycles. The van der Waals surface area contributed by atoms with Gasteiger partial charge in [0.2, 0.25) is 0 Å². The van der Waals surface area contributed by atoms with Crippen LogP contribution in [0.15, 0.2) is 47.1 Å². The van der Waals surface area contributed by atoms with Crippen molar-refractivity contribution < 1.29 is 9.21 Å². The normalized spacial score (nSPS) is 14.4.